The lowest BCUT2D eigenvalue weighted by Gasteiger charge is -2.25. The van der Waals surface area contributed by atoms with Crippen molar-refractivity contribution in [1.29, 1.82) is 0 Å². The molecule has 2 aliphatic rings. The number of β-amino-alcohol motifs (C(OH)–C–C–N with tert-alkyl or cyclic N) is 1. The molecule has 3 heterocycles. The summed E-state index contributed by atoms with van der Waals surface area (Å²) in [5.74, 6) is 2.68. The maximum Gasteiger partial charge on any atom is 0.140 e. The van der Waals surface area contributed by atoms with E-state index in [4.69, 9.17) is 4.52 Å². The van der Waals surface area contributed by atoms with Gasteiger partial charge < -0.3 is 25.2 Å². The smallest absolute Gasteiger partial charge is 0.140 e. The summed E-state index contributed by atoms with van der Waals surface area (Å²) in [5.41, 5.74) is 2.32. The van der Waals surface area contributed by atoms with E-state index in [1.807, 2.05) is 13.1 Å². The van der Waals surface area contributed by atoms with Gasteiger partial charge in [-0.2, -0.15) is 0 Å². The molecule has 26 heavy (non-hydrogen) atoms. The molecule has 2 aromatic heterocycles. The summed E-state index contributed by atoms with van der Waals surface area (Å²) in [4.78, 5) is 10.7. The SMILES string of the molecule is CNc1cc(N2C[C@H](O)C[C@@H]2CNCc2noc3c2CCCC3)ncn1. The van der Waals surface area contributed by atoms with E-state index in [0.717, 1.165) is 48.9 Å². The summed E-state index contributed by atoms with van der Waals surface area (Å²) in [7, 11) is 1.84. The van der Waals surface area contributed by atoms with Gasteiger partial charge in [-0.1, -0.05) is 5.16 Å². The first-order chi connectivity index (χ1) is 12.7. The predicted octanol–water partition coefficient (Wildman–Crippen LogP) is 1.11. The average Bonchev–Trinajstić information content (AvgIpc) is 3.25. The fourth-order valence-electron chi connectivity index (χ4n) is 3.95. The molecule has 1 aliphatic carbocycles. The van der Waals surface area contributed by atoms with Crippen LogP contribution < -0.4 is 15.5 Å². The number of fused-ring (bicyclic) bond motifs is 1. The fraction of sp³-hybridized carbons (Fsp3) is 0.611. The summed E-state index contributed by atoms with van der Waals surface area (Å²) < 4.78 is 5.48. The van der Waals surface area contributed by atoms with Gasteiger partial charge >= 0.3 is 0 Å². The topological polar surface area (TPSA) is 99.3 Å². The van der Waals surface area contributed by atoms with Crippen molar-refractivity contribution in [3.8, 4) is 0 Å². The lowest BCUT2D eigenvalue weighted by atomic mass is 9.96. The Morgan fingerprint density at radius 1 is 1.31 bits per heavy atom. The Morgan fingerprint density at radius 2 is 2.19 bits per heavy atom. The molecule has 0 unspecified atom stereocenters. The highest BCUT2D eigenvalue weighted by molar-refractivity contribution is 5.50. The monoisotopic (exact) mass is 358 g/mol. The number of anilines is 2. The van der Waals surface area contributed by atoms with Gasteiger partial charge in [0.25, 0.3) is 0 Å². The molecular formula is C18H26N6O2. The summed E-state index contributed by atoms with van der Waals surface area (Å²) in [6.45, 7) is 2.05. The van der Waals surface area contributed by atoms with E-state index in [1.165, 1.54) is 18.4 Å². The third-order valence-electron chi connectivity index (χ3n) is 5.30. The highest BCUT2D eigenvalue weighted by Crippen LogP contribution is 2.26. The molecule has 4 rings (SSSR count). The van der Waals surface area contributed by atoms with E-state index in [9.17, 15) is 5.11 Å². The number of hydrogen-bond acceptors (Lipinski definition) is 8. The molecule has 1 saturated heterocycles. The molecule has 0 amide bonds. The van der Waals surface area contributed by atoms with E-state index >= 15 is 0 Å². The number of nitrogens with one attached hydrogen (secondary N) is 2. The molecule has 2 atom stereocenters. The van der Waals surface area contributed by atoms with Gasteiger partial charge in [0.1, 0.15) is 29.4 Å². The van der Waals surface area contributed by atoms with E-state index in [-0.39, 0.29) is 12.1 Å². The fourth-order valence-corrected chi connectivity index (χ4v) is 3.95. The van der Waals surface area contributed by atoms with Crippen LogP contribution in [0.3, 0.4) is 0 Å². The molecule has 0 radical (unpaired) electrons. The lowest BCUT2D eigenvalue weighted by Crippen LogP contribution is -2.38. The number of aromatic nitrogens is 3. The van der Waals surface area contributed by atoms with Crippen molar-refractivity contribution in [3.05, 3.63) is 29.4 Å². The third-order valence-corrected chi connectivity index (χ3v) is 5.30. The first-order valence-electron chi connectivity index (χ1n) is 9.36. The molecule has 8 heteroatoms. The highest BCUT2D eigenvalue weighted by atomic mass is 16.5. The molecule has 8 nitrogen and oxygen atoms in total. The average molecular weight is 358 g/mol. The van der Waals surface area contributed by atoms with E-state index in [2.05, 4.69) is 30.7 Å². The van der Waals surface area contributed by atoms with Crippen molar-refractivity contribution in [2.45, 2.75) is 50.8 Å². The van der Waals surface area contributed by atoms with Gasteiger partial charge in [-0.05, 0) is 25.7 Å². The molecule has 0 spiro atoms. The zero-order valence-corrected chi connectivity index (χ0v) is 15.1. The van der Waals surface area contributed by atoms with Gasteiger partial charge in [-0.25, -0.2) is 9.97 Å². The van der Waals surface area contributed by atoms with Gasteiger partial charge in [-0.3, -0.25) is 0 Å². The second-order valence-corrected chi connectivity index (χ2v) is 7.08. The Balaban J connectivity index is 1.39. The Morgan fingerprint density at radius 3 is 3.08 bits per heavy atom. The number of aliphatic hydroxyl groups is 1. The molecule has 2 aromatic rings. The minimum Gasteiger partial charge on any atom is -0.391 e. The standard InChI is InChI=1S/C18H26N6O2/c1-19-17-7-18(22-11-21-17)24-10-13(25)6-12(24)8-20-9-15-14-4-2-3-5-16(14)26-23-15/h7,11-13,20,25H,2-6,8-10H2,1H3,(H,19,21,22)/t12-,13-/m1/s1. The quantitative estimate of drug-likeness (QED) is 0.706. The van der Waals surface area contributed by atoms with Crippen LogP contribution in [0, 0.1) is 0 Å². The Bertz CT molecular complexity index is 749. The van der Waals surface area contributed by atoms with Crippen molar-refractivity contribution < 1.29 is 9.63 Å². The van der Waals surface area contributed by atoms with Crippen LogP contribution in [-0.4, -0.2) is 52.5 Å². The second-order valence-electron chi connectivity index (χ2n) is 7.08. The van der Waals surface area contributed by atoms with Crippen molar-refractivity contribution in [1.82, 2.24) is 20.4 Å². The number of nitrogens with zero attached hydrogens (tertiary/aromatic N) is 4. The van der Waals surface area contributed by atoms with Crippen LogP contribution in [0.4, 0.5) is 11.6 Å². The van der Waals surface area contributed by atoms with Gasteiger partial charge in [0.05, 0.1) is 6.10 Å². The third kappa shape index (κ3) is 3.52. The van der Waals surface area contributed by atoms with Crippen LogP contribution in [0.2, 0.25) is 0 Å². The minimum absolute atomic E-state index is 0.187. The first-order valence-corrected chi connectivity index (χ1v) is 9.36. The summed E-state index contributed by atoms with van der Waals surface area (Å²) in [6.07, 6.45) is 6.42. The maximum atomic E-state index is 10.1. The molecule has 0 aromatic carbocycles. The van der Waals surface area contributed by atoms with E-state index in [0.29, 0.717) is 13.1 Å². The maximum absolute atomic E-state index is 10.1. The molecule has 140 valence electrons. The minimum atomic E-state index is -0.338. The van der Waals surface area contributed by atoms with Crippen molar-refractivity contribution in [2.24, 2.45) is 0 Å². The molecule has 3 N–H and O–H groups in total. The first kappa shape index (κ1) is 17.2. The zero-order valence-electron chi connectivity index (χ0n) is 15.1. The van der Waals surface area contributed by atoms with E-state index in [1.54, 1.807) is 6.33 Å². The number of rotatable bonds is 6. The Kier molecular flexibility index (Phi) is 5.03. The summed E-state index contributed by atoms with van der Waals surface area (Å²) in [6, 6.07) is 2.10. The predicted molar refractivity (Wildman–Crippen MR) is 98.2 cm³/mol. The van der Waals surface area contributed by atoms with Crippen LogP contribution in [0.25, 0.3) is 0 Å². The van der Waals surface area contributed by atoms with Gasteiger partial charge in [0, 0.05) is 50.8 Å². The molecule has 0 bridgehead atoms. The van der Waals surface area contributed by atoms with Gasteiger partial charge in [0.15, 0.2) is 0 Å². The molecule has 1 fully saturated rings. The second kappa shape index (κ2) is 7.59. The van der Waals surface area contributed by atoms with Crippen LogP contribution in [0.5, 0.6) is 0 Å². The van der Waals surface area contributed by atoms with Crippen LogP contribution in [0.1, 0.15) is 36.3 Å². The largest absolute Gasteiger partial charge is 0.391 e. The lowest BCUT2D eigenvalue weighted by molar-refractivity contribution is 0.194. The summed E-state index contributed by atoms with van der Waals surface area (Å²) >= 11 is 0. The molecule has 0 saturated carbocycles. The highest BCUT2D eigenvalue weighted by Gasteiger charge is 2.32. The number of aryl methyl sites for hydroxylation is 1. The molecule has 1 aliphatic heterocycles. The van der Waals surface area contributed by atoms with Gasteiger partial charge in [-0.15, -0.1) is 0 Å². The Labute approximate surface area is 153 Å². The number of aliphatic hydroxyl groups excluding tert-OH is 1. The van der Waals surface area contributed by atoms with Crippen molar-refractivity contribution in [3.63, 3.8) is 0 Å². The van der Waals surface area contributed by atoms with Crippen molar-refractivity contribution >= 4 is 11.6 Å². The summed E-state index contributed by atoms with van der Waals surface area (Å²) in [5, 5.41) is 20.9. The number of hydrogen-bond donors (Lipinski definition) is 3. The van der Waals surface area contributed by atoms with Crippen LogP contribution >= 0.6 is 0 Å². The van der Waals surface area contributed by atoms with Crippen molar-refractivity contribution in [2.75, 3.05) is 30.4 Å². The Hall–Kier alpha value is -2.19. The zero-order chi connectivity index (χ0) is 17.9. The van der Waals surface area contributed by atoms with Crippen LogP contribution in [0.15, 0.2) is 16.9 Å². The van der Waals surface area contributed by atoms with Gasteiger partial charge in [0.2, 0.25) is 0 Å². The normalized spacial score (nSPS) is 22.5. The van der Waals surface area contributed by atoms with E-state index < -0.39 is 0 Å². The molecular weight excluding hydrogens is 332 g/mol. The van der Waals surface area contributed by atoms with Crippen LogP contribution in [-0.2, 0) is 19.4 Å².